The molecule has 2 N–H and O–H groups in total. The van der Waals surface area contributed by atoms with Crippen molar-refractivity contribution in [3.8, 4) is 11.8 Å². The first-order chi connectivity index (χ1) is 14.3. The van der Waals surface area contributed by atoms with Gasteiger partial charge in [-0.15, -0.1) is 13.2 Å². The first-order valence-electron chi connectivity index (χ1n) is 9.00. The molecular formula is C20H24F2N2NaO5P. The molecule has 1 aromatic rings. The Morgan fingerprint density at radius 3 is 2.32 bits per heavy atom. The zero-order valence-electron chi connectivity index (χ0n) is 17.7. The molecule has 164 valence electrons. The summed E-state index contributed by atoms with van der Waals surface area (Å²) in [5.74, 6) is 3.21. The van der Waals surface area contributed by atoms with Gasteiger partial charge in [0.05, 0.1) is 0 Å². The summed E-state index contributed by atoms with van der Waals surface area (Å²) in [6.07, 6.45) is -0.684. The van der Waals surface area contributed by atoms with E-state index in [2.05, 4.69) is 39.5 Å². The number of benzene rings is 1. The molecule has 0 aliphatic heterocycles. The summed E-state index contributed by atoms with van der Waals surface area (Å²) >= 11 is 0. The molecule has 7 nitrogen and oxygen atoms in total. The summed E-state index contributed by atoms with van der Waals surface area (Å²) in [6.45, 7) is 7.10. The van der Waals surface area contributed by atoms with Gasteiger partial charge in [0.2, 0.25) is 6.43 Å². The normalized spacial score (nSPS) is 15.0. The topological polar surface area (TPSA) is 99.7 Å². The number of rotatable bonds is 8. The second kappa shape index (κ2) is 15.4. The maximum absolute atomic E-state index is 13.1. The van der Waals surface area contributed by atoms with Crippen molar-refractivity contribution < 1.29 is 62.0 Å². The Morgan fingerprint density at radius 2 is 1.84 bits per heavy atom. The van der Waals surface area contributed by atoms with E-state index in [0.29, 0.717) is 5.92 Å². The summed E-state index contributed by atoms with van der Waals surface area (Å²) in [7, 11) is -1.56. The first kappa shape index (κ1) is 29.6. The Hall–Kier alpha value is -1.37. The monoisotopic (exact) mass is 464 g/mol. The number of amides is 2. The fourth-order valence-corrected chi connectivity index (χ4v) is 2.35. The predicted octanol–water partition coefficient (Wildman–Crippen LogP) is -0.465. The summed E-state index contributed by atoms with van der Waals surface area (Å²) in [5.41, 5.74) is 2.67. The van der Waals surface area contributed by atoms with Crippen LogP contribution in [0.4, 0.5) is 8.78 Å². The maximum atomic E-state index is 13.1. The molecule has 0 heterocycles. The van der Waals surface area contributed by atoms with Gasteiger partial charge < -0.3 is 14.7 Å². The standard InChI is InChI=1S/C18H20F2N2O5P.C2H4.Na/c1-11(16(19)20)15(18(24)22-27-28(25)26-2)21-17(23)14-9-7-13(8-10-14)6-5-12-3-4-12;1-2;/h7-12,15-16H,3-4H2,1-2H3,(H,21,23)(H,22,24);1-2H2;/q-1;;+1. The van der Waals surface area contributed by atoms with Gasteiger partial charge in [-0.1, -0.05) is 18.8 Å². The van der Waals surface area contributed by atoms with E-state index in [0.717, 1.165) is 32.4 Å². The number of hydroxylamine groups is 1. The Bertz CT molecular complexity index is 769. The third-order valence-corrected chi connectivity index (χ3v) is 4.55. The van der Waals surface area contributed by atoms with Gasteiger partial charge in [0.25, 0.3) is 11.8 Å². The quantitative estimate of drug-likeness (QED) is 0.178. The van der Waals surface area contributed by atoms with Gasteiger partial charge in [-0.25, -0.2) is 18.9 Å². The van der Waals surface area contributed by atoms with Gasteiger partial charge in [0.1, 0.15) is 14.6 Å². The average Bonchev–Trinajstić information content (AvgIpc) is 3.59. The van der Waals surface area contributed by atoms with Crippen molar-refractivity contribution in [2.24, 2.45) is 11.8 Å². The molecule has 3 atom stereocenters. The number of hydrogen-bond donors (Lipinski definition) is 2. The predicted molar refractivity (Wildman–Crippen MR) is 107 cm³/mol. The van der Waals surface area contributed by atoms with Crippen molar-refractivity contribution in [3.05, 3.63) is 48.6 Å². The van der Waals surface area contributed by atoms with Crippen molar-refractivity contribution in [2.75, 3.05) is 7.11 Å². The van der Waals surface area contributed by atoms with Gasteiger partial charge in [0, 0.05) is 30.1 Å². The fourth-order valence-electron chi connectivity index (χ4n) is 2.11. The molecule has 1 aliphatic rings. The van der Waals surface area contributed by atoms with Crippen molar-refractivity contribution in [1.82, 2.24) is 10.8 Å². The van der Waals surface area contributed by atoms with Crippen LogP contribution >= 0.6 is 8.60 Å². The van der Waals surface area contributed by atoms with Crippen molar-refractivity contribution >= 4 is 20.4 Å². The van der Waals surface area contributed by atoms with Crippen molar-refractivity contribution in [1.29, 1.82) is 0 Å². The molecule has 0 saturated heterocycles. The van der Waals surface area contributed by atoms with Crippen LogP contribution in [0.5, 0.6) is 0 Å². The Morgan fingerprint density at radius 1 is 1.26 bits per heavy atom. The number of nitrogens with one attached hydrogen (secondary N) is 2. The van der Waals surface area contributed by atoms with Gasteiger partial charge in [0.15, 0.2) is 0 Å². The number of carbonyl (C=O) groups is 2. The van der Waals surface area contributed by atoms with Crippen LogP contribution < -0.4 is 45.2 Å². The molecule has 2 rings (SSSR count). The van der Waals surface area contributed by atoms with Crippen LogP contribution in [0.1, 0.15) is 35.7 Å². The zero-order chi connectivity index (χ0) is 22.7. The summed E-state index contributed by atoms with van der Waals surface area (Å²) in [6, 6.07) is 4.66. The molecule has 11 heteroatoms. The Kier molecular flexibility index (Phi) is 14.8. The number of halogens is 2. The number of hydrogen-bond acceptors (Lipinski definition) is 5. The summed E-state index contributed by atoms with van der Waals surface area (Å²) in [4.78, 5) is 35.5. The van der Waals surface area contributed by atoms with Crippen molar-refractivity contribution in [3.63, 3.8) is 0 Å². The zero-order valence-corrected chi connectivity index (χ0v) is 20.6. The van der Waals surface area contributed by atoms with Crippen LogP contribution in [0.2, 0.25) is 0 Å². The molecule has 3 unspecified atom stereocenters. The Balaban J connectivity index is 0.00000291. The van der Waals surface area contributed by atoms with E-state index in [-0.39, 0.29) is 35.1 Å². The summed E-state index contributed by atoms with van der Waals surface area (Å²) < 4.78 is 34.9. The van der Waals surface area contributed by atoms with E-state index >= 15 is 0 Å². The molecule has 0 bridgehead atoms. The molecule has 0 spiro atoms. The van der Waals surface area contributed by atoms with E-state index in [1.807, 2.05) is 0 Å². The molecule has 31 heavy (non-hydrogen) atoms. The van der Waals surface area contributed by atoms with Gasteiger partial charge in [-0.05, 0) is 37.1 Å². The molecule has 1 fully saturated rings. The Labute approximate surface area is 204 Å². The van der Waals surface area contributed by atoms with E-state index in [4.69, 9.17) is 0 Å². The van der Waals surface area contributed by atoms with E-state index in [1.165, 1.54) is 12.1 Å². The van der Waals surface area contributed by atoms with Gasteiger partial charge in [-0.3, -0.25) is 9.59 Å². The van der Waals surface area contributed by atoms with Crippen molar-refractivity contribution in [2.45, 2.75) is 32.2 Å². The van der Waals surface area contributed by atoms with Crippen LogP contribution in [0.25, 0.3) is 0 Å². The van der Waals surface area contributed by atoms with E-state index in [9.17, 15) is 23.3 Å². The number of alkyl halides is 2. The van der Waals surface area contributed by atoms with E-state index in [1.54, 1.807) is 17.6 Å². The third kappa shape index (κ3) is 10.7. The maximum Gasteiger partial charge on any atom is 1.00 e. The van der Waals surface area contributed by atoms with E-state index < -0.39 is 38.8 Å². The fraction of sp³-hybridized carbons (Fsp3) is 0.400. The van der Waals surface area contributed by atoms with Gasteiger partial charge in [-0.2, -0.15) is 0 Å². The SMILES string of the molecule is C=C.COP([O-])ONC(=O)C(NC(=O)c1ccc(C#CC2CC2)cc1)C(C)C(F)F.[Na+]. The van der Waals surface area contributed by atoms with Crippen LogP contribution in [-0.4, -0.2) is 31.4 Å². The molecule has 0 radical (unpaired) electrons. The number of carbonyl (C=O) groups excluding carboxylic acids is 2. The largest absolute Gasteiger partial charge is 1.00 e. The molecule has 1 aliphatic carbocycles. The molecule has 1 aromatic carbocycles. The molecule has 2 amide bonds. The molecule has 1 saturated carbocycles. The first-order valence-corrected chi connectivity index (χ1v) is 10.1. The van der Waals surface area contributed by atoms with Crippen LogP contribution in [0.15, 0.2) is 37.4 Å². The summed E-state index contributed by atoms with van der Waals surface area (Å²) in [5, 5.41) is 2.25. The minimum Gasteiger partial charge on any atom is -0.784 e. The minimum absolute atomic E-state index is 0. The third-order valence-electron chi connectivity index (χ3n) is 4.01. The van der Waals surface area contributed by atoms with Crippen LogP contribution in [-0.2, 0) is 13.9 Å². The second-order valence-corrected chi connectivity index (χ2v) is 7.22. The average molecular weight is 464 g/mol. The molecular weight excluding hydrogens is 440 g/mol. The second-order valence-electron chi connectivity index (χ2n) is 6.23. The molecule has 0 aromatic heterocycles. The minimum atomic E-state index is -2.88. The van der Waals surface area contributed by atoms with Crippen LogP contribution in [0, 0.1) is 23.7 Å². The smallest absolute Gasteiger partial charge is 0.784 e. The van der Waals surface area contributed by atoms with Gasteiger partial charge >= 0.3 is 29.6 Å². The van der Waals surface area contributed by atoms with Crippen LogP contribution in [0.3, 0.4) is 0 Å².